The highest BCUT2D eigenvalue weighted by molar-refractivity contribution is 5.85. The van der Waals surface area contributed by atoms with Gasteiger partial charge in [-0.1, -0.05) is 24.4 Å². The molecule has 0 unspecified atom stereocenters. The zero-order valence-electron chi connectivity index (χ0n) is 13.3. The van der Waals surface area contributed by atoms with Crippen LogP contribution in [0.15, 0.2) is 23.0 Å². The molecule has 23 heavy (non-hydrogen) atoms. The monoisotopic (exact) mass is 337 g/mol. The Balaban J connectivity index is 0.00000156. The fraction of sp³-hybridized carbons (Fsp3) is 0.688. The molecule has 1 N–H and O–H groups in total. The first-order valence-corrected chi connectivity index (χ1v) is 8.43. The second kappa shape index (κ2) is 7.01. The molecule has 0 spiro atoms. The van der Waals surface area contributed by atoms with Gasteiger partial charge in [-0.05, 0) is 44.8 Å². The third-order valence-corrected chi connectivity index (χ3v) is 5.18. The molecule has 1 saturated carbocycles. The van der Waals surface area contributed by atoms with Crippen LogP contribution in [0.1, 0.15) is 62.6 Å². The summed E-state index contributed by atoms with van der Waals surface area (Å²) in [5.74, 6) is 2.11. The maximum absolute atomic E-state index is 5.73. The molecule has 0 amide bonds. The van der Waals surface area contributed by atoms with Crippen molar-refractivity contribution in [2.24, 2.45) is 0 Å². The Hall–Kier alpha value is -1.40. The molecular formula is C16H24ClN5O. The molecule has 2 aromatic heterocycles. The third kappa shape index (κ3) is 3.02. The van der Waals surface area contributed by atoms with E-state index in [-0.39, 0.29) is 17.9 Å². The molecule has 4 rings (SSSR count). The lowest BCUT2D eigenvalue weighted by Gasteiger charge is -2.34. The van der Waals surface area contributed by atoms with E-state index in [1.54, 1.807) is 0 Å². The van der Waals surface area contributed by atoms with Gasteiger partial charge < -0.3 is 9.84 Å². The van der Waals surface area contributed by atoms with Crippen molar-refractivity contribution in [3.05, 3.63) is 30.2 Å². The van der Waals surface area contributed by atoms with Gasteiger partial charge in [-0.15, -0.1) is 12.4 Å². The van der Waals surface area contributed by atoms with Gasteiger partial charge in [0.25, 0.3) is 5.89 Å². The molecule has 0 radical (unpaired) electrons. The van der Waals surface area contributed by atoms with E-state index in [0.29, 0.717) is 5.92 Å². The molecule has 126 valence electrons. The van der Waals surface area contributed by atoms with Crippen LogP contribution in [0.3, 0.4) is 0 Å². The summed E-state index contributed by atoms with van der Waals surface area (Å²) < 4.78 is 7.74. The highest BCUT2D eigenvalue weighted by atomic mass is 35.5. The van der Waals surface area contributed by atoms with Crippen LogP contribution in [0.2, 0.25) is 0 Å². The molecule has 2 aromatic rings. The summed E-state index contributed by atoms with van der Waals surface area (Å²) in [5.41, 5.74) is -0.283. The summed E-state index contributed by atoms with van der Waals surface area (Å²) >= 11 is 0. The van der Waals surface area contributed by atoms with Crippen LogP contribution < -0.4 is 5.32 Å². The summed E-state index contributed by atoms with van der Waals surface area (Å²) in [5, 5.41) is 12.2. The molecule has 0 bridgehead atoms. The molecule has 0 atom stereocenters. The standard InChI is InChI=1S/C16H23N5O.ClH/c1-2-5-13(6-3-1)14-19-15(22-20-14)16(7-10-17-11-8-16)21-12-4-9-18-21;/h4,9,12-13,17H,1-3,5-8,10-11H2;1H. The molecule has 7 heteroatoms. The highest BCUT2D eigenvalue weighted by Gasteiger charge is 2.42. The number of aromatic nitrogens is 4. The highest BCUT2D eigenvalue weighted by Crippen LogP contribution is 2.36. The summed E-state index contributed by atoms with van der Waals surface area (Å²) in [6.45, 7) is 1.89. The van der Waals surface area contributed by atoms with E-state index in [4.69, 9.17) is 9.51 Å². The van der Waals surface area contributed by atoms with Crippen LogP contribution in [0, 0.1) is 0 Å². The Kier molecular flexibility index (Phi) is 5.02. The predicted molar refractivity (Wildman–Crippen MR) is 88.8 cm³/mol. The zero-order valence-corrected chi connectivity index (χ0v) is 14.1. The summed E-state index contributed by atoms with van der Waals surface area (Å²) in [6.07, 6.45) is 12.0. The van der Waals surface area contributed by atoms with Gasteiger partial charge in [0.1, 0.15) is 5.54 Å². The van der Waals surface area contributed by atoms with Gasteiger partial charge in [-0.3, -0.25) is 4.68 Å². The van der Waals surface area contributed by atoms with Crippen molar-refractivity contribution < 1.29 is 4.52 Å². The van der Waals surface area contributed by atoms with E-state index in [1.165, 1.54) is 32.1 Å². The van der Waals surface area contributed by atoms with Crippen molar-refractivity contribution in [1.29, 1.82) is 0 Å². The Bertz CT molecular complexity index is 600. The number of halogens is 1. The van der Waals surface area contributed by atoms with Crippen LogP contribution in [0.4, 0.5) is 0 Å². The number of piperidine rings is 1. The Morgan fingerprint density at radius 1 is 1.17 bits per heavy atom. The van der Waals surface area contributed by atoms with Crippen molar-refractivity contribution in [3.8, 4) is 0 Å². The van der Waals surface area contributed by atoms with Gasteiger partial charge in [-0.25, -0.2) is 0 Å². The average Bonchev–Trinajstić information content (AvgIpc) is 3.29. The second-order valence-electron chi connectivity index (χ2n) is 6.52. The fourth-order valence-corrected chi connectivity index (χ4v) is 3.85. The van der Waals surface area contributed by atoms with Gasteiger partial charge in [0.2, 0.25) is 0 Å². The first-order chi connectivity index (χ1) is 10.9. The normalized spacial score (nSPS) is 21.7. The molecule has 1 aliphatic carbocycles. The summed E-state index contributed by atoms with van der Waals surface area (Å²) in [6, 6.07) is 1.96. The average molecular weight is 338 g/mol. The van der Waals surface area contributed by atoms with Crippen LogP contribution in [-0.4, -0.2) is 33.0 Å². The molecule has 1 saturated heterocycles. The van der Waals surface area contributed by atoms with E-state index in [9.17, 15) is 0 Å². The van der Waals surface area contributed by atoms with Crippen molar-refractivity contribution in [3.63, 3.8) is 0 Å². The predicted octanol–water partition coefficient (Wildman–Crippen LogP) is 2.86. The van der Waals surface area contributed by atoms with E-state index in [1.807, 2.05) is 23.1 Å². The van der Waals surface area contributed by atoms with Gasteiger partial charge >= 0.3 is 0 Å². The van der Waals surface area contributed by atoms with Crippen LogP contribution in [-0.2, 0) is 5.54 Å². The molecule has 0 aromatic carbocycles. The number of hydrogen-bond donors (Lipinski definition) is 1. The molecule has 3 heterocycles. The number of nitrogens with one attached hydrogen (secondary N) is 1. The lowest BCUT2D eigenvalue weighted by molar-refractivity contribution is 0.172. The molecular weight excluding hydrogens is 314 g/mol. The Morgan fingerprint density at radius 2 is 1.96 bits per heavy atom. The minimum atomic E-state index is -0.283. The van der Waals surface area contributed by atoms with E-state index >= 15 is 0 Å². The molecule has 6 nitrogen and oxygen atoms in total. The van der Waals surface area contributed by atoms with Crippen molar-refractivity contribution in [2.75, 3.05) is 13.1 Å². The SMILES string of the molecule is Cl.c1cnn(C2(c3nc(C4CCCCC4)no3)CCNCC2)c1. The van der Waals surface area contributed by atoms with E-state index < -0.39 is 0 Å². The van der Waals surface area contributed by atoms with Crippen molar-refractivity contribution in [2.45, 2.75) is 56.4 Å². The van der Waals surface area contributed by atoms with Gasteiger partial charge in [0, 0.05) is 18.3 Å². The quantitative estimate of drug-likeness (QED) is 0.932. The van der Waals surface area contributed by atoms with Crippen molar-refractivity contribution >= 4 is 12.4 Å². The summed E-state index contributed by atoms with van der Waals surface area (Å²) in [4.78, 5) is 4.82. The first-order valence-electron chi connectivity index (χ1n) is 8.43. The Morgan fingerprint density at radius 3 is 2.65 bits per heavy atom. The van der Waals surface area contributed by atoms with Gasteiger partial charge in [0.05, 0.1) is 0 Å². The number of nitrogens with zero attached hydrogens (tertiary/aromatic N) is 4. The zero-order chi connectivity index (χ0) is 14.8. The second-order valence-corrected chi connectivity index (χ2v) is 6.52. The first kappa shape index (κ1) is 16.5. The van der Waals surface area contributed by atoms with E-state index in [0.717, 1.165) is 37.6 Å². The molecule has 2 fully saturated rings. The van der Waals surface area contributed by atoms with Crippen LogP contribution in [0.5, 0.6) is 0 Å². The van der Waals surface area contributed by atoms with Gasteiger partial charge in [-0.2, -0.15) is 10.1 Å². The minimum Gasteiger partial charge on any atom is -0.337 e. The molecule has 1 aliphatic heterocycles. The van der Waals surface area contributed by atoms with Gasteiger partial charge in [0.15, 0.2) is 5.82 Å². The maximum Gasteiger partial charge on any atom is 0.254 e. The summed E-state index contributed by atoms with van der Waals surface area (Å²) in [7, 11) is 0. The smallest absolute Gasteiger partial charge is 0.254 e. The van der Waals surface area contributed by atoms with Crippen LogP contribution >= 0.6 is 12.4 Å². The maximum atomic E-state index is 5.73. The number of hydrogen-bond acceptors (Lipinski definition) is 5. The third-order valence-electron chi connectivity index (χ3n) is 5.18. The fourth-order valence-electron chi connectivity index (χ4n) is 3.85. The lowest BCUT2D eigenvalue weighted by atomic mass is 9.87. The van der Waals surface area contributed by atoms with Crippen LogP contribution in [0.25, 0.3) is 0 Å². The molecule has 2 aliphatic rings. The van der Waals surface area contributed by atoms with E-state index in [2.05, 4.69) is 15.6 Å². The minimum absolute atomic E-state index is 0. The largest absolute Gasteiger partial charge is 0.337 e. The van der Waals surface area contributed by atoms with Crippen molar-refractivity contribution in [1.82, 2.24) is 25.2 Å². The lowest BCUT2D eigenvalue weighted by Crippen LogP contribution is -2.45. The Labute approximate surface area is 142 Å². The number of rotatable bonds is 3. The topological polar surface area (TPSA) is 68.8 Å².